The maximum atomic E-state index is 11.1. The lowest BCUT2D eigenvalue weighted by Gasteiger charge is -2.08. The van der Waals surface area contributed by atoms with Crippen molar-refractivity contribution in [3.05, 3.63) is 60.3 Å². The van der Waals surface area contributed by atoms with Crippen molar-refractivity contribution in [1.29, 1.82) is 0 Å². The fraction of sp³-hybridized carbons (Fsp3) is 0. The molecule has 3 rings (SSSR count). The Morgan fingerprint density at radius 1 is 1.08 bits per heavy atom. The Kier molecular flexibility index (Phi) is 4.35. The Labute approximate surface area is 144 Å². The molecule has 0 radical (unpaired) electrons. The third-order valence-corrected chi connectivity index (χ3v) is 3.81. The molecule has 1 aromatic heterocycles. The number of hydrogen-bond acceptors (Lipinski definition) is 6. The maximum absolute atomic E-state index is 11.1. The fourth-order valence-corrected chi connectivity index (χ4v) is 2.28. The van der Waals surface area contributed by atoms with Crippen LogP contribution in [0.1, 0.15) is 10.4 Å². The van der Waals surface area contributed by atoms with E-state index in [9.17, 15) is 4.79 Å². The second kappa shape index (κ2) is 6.59. The van der Waals surface area contributed by atoms with Crippen molar-refractivity contribution in [1.82, 2.24) is 9.97 Å². The largest absolute Gasteiger partial charge is 0.398 e. The summed E-state index contributed by atoms with van der Waals surface area (Å²) in [6.45, 7) is 0. The predicted molar refractivity (Wildman–Crippen MR) is 97.4 cm³/mol. The third-order valence-electron chi connectivity index (χ3n) is 3.40. The van der Waals surface area contributed by atoms with E-state index in [0.29, 0.717) is 17.2 Å². The van der Waals surface area contributed by atoms with Gasteiger partial charge in [-0.1, -0.05) is 6.07 Å². The normalized spacial score (nSPS) is 10.4. The molecule has 7 heteroatoms. The number of nitrogens with two attached hydrogens (primary N) is 2. The van der Waals surface area contributed by atoms with Gasteiger partial charge in [-0.05, 0) is 42.5 Å². The van der Waals surface area contributed by atoms with Gasteiger partial charge in [0.25, 0.3) is 0 Å². The Morgan fingerprint density at radius 3 is 2.50 bits per heavy atom. The maximum Gasteiger partial charge on any atom is 0.248 e. The van der Waals surface area contributed by atoms with Crippen LogP contribution in [-0.4, -0.2) is 15.9 Å². The number of hydrogen-bond donors (Lipinski definition) is 4. The first-order valence-corrected chi connectivity index (χ1v) is 7.56. The highest BCUT2D eigenvalue weighted by Crippen LogP contribution is 2.25. The van der Waals surface area contributed by atoms with E-state index in [0.717, 1.165) is 21.8 Å². The van der Waals surface area contributed by atoms with Crippen LogP contribution >= 0.6 is 12.6 Å². The molecule has 0 aliphatic rings. The standard InChI is InChI=1S/C17H15N5OS/c18-13-9-11(3-6-15(13)24)14-7-8-20-17(22-14)21-12-4-1-10(2-5-12)16(19)23/h1-9,24H,18H2,(H2,19,23)(H,20,21,22). The van der Waals surface area contributed by atoms with Crippen LogP contribution in [0.15, 0.2) is 59.6 Å². The van der Waals surface area contributed by atoms with E-state index in [4.69, 9.17) is 11.5 Å². The molecule has 0 atom stereocenters. The Balaban J connectivity index is 1.84. The highest BCUT2D eigenvalue weighted by atomic mass is 32.1. The van der Waals surface area contributed by atoms with E-state index < -0.39 is 5.91 Å². The number of nitrogens with zero attached hydrogens (tertiary/aromatic N) is 2. The number of benzene rings is 2. The lowest BCUT2D eigenvalue weighted by molar-refractivity contribution is 0.100. The average Bonchev–Trinajstić information content (AvgIpc) is 2.58. The molecule has 1 amide bonds. The quantitative estimate of drug-likeness (QED) is 0.432. The molecule has 0 bridgehead atoms. The van der Waals surface area contributed by atoms with Crippen LogP contribution in [0.5, 0.6) is 0 Å². The van der Waals surface area contributed by atoms with Crippen LogP contribution in [0.4, 0.5) is 17.3 Å². The Hall–Kier alpha value is -3.06. The van der Waals surface area contributed by atoms with Crippen molar-refractivity contribution in [2.45, 2.75) is 4.90 Å². The molecule has 1 heterocycles. The van der Waals surface area contributed by atoms with Crippen molar-refractivity contribution in [3.8, 4) is 11.3 Å². The zero-order chi connectivity index (χ0) is 17.1. The molecule has 5 N–H and O–H groups in total. The zero-order valence-corrected chi connectivity index (χ0v) is 13.5. The number of carbonyl (C=O) groups is 1. The molecule has 0 saturated carbocycles. The lowest BCUT2D eigenvalue weighted by Crippen LogP contribution is -2.10. The summed E-state index contributed by atoms with van der Waals surface area (Å²) in [5.74, 6) is -0.0298. The van der Waals surface area contributed by atoms with Crippen LogP contribution in [0.3, 0.4) is 0 Å². The van der Waals surface area contributed by atoms with Gasteiger partial charge in [0.15, 0.2) is 0 Å². The lowest BCUT2D eigenvalue weighted by atomic mass is 10.1. The summed E-state index contributed by atoms with van der Waals surface area (Å²) < 4.78 is 0. The summed E-state index contributed by atoms with van der Waals surface area (Å²) in [7, 11) is 0. The zero-order valence-electron chi connectivity index (χ0n) is 12.6. The molecule has 2 aromatic carbocycles. The van der Waals surface area contributed by atoms with Gasteiger partial charge in [-0.15, -0.1) is 12.6 Å². The van der Waals surface area contributed by atoms with Crippen molar-refractivity contribution in [2.24, 2.45) is 5.73 Å². The van der Waals surface area contributed by atoms with Crippen molar-refractivity contribution in [3.63, 3.8) is 0 Å². The van der Waals surface area contributed by atoms with E-state index in [2.05, 4.69) is 27.9 Å². The number of amides is 1. The number of rotatable bonds is 4. The van der Waals surface area contributed by atoms with E-state index in [1.807, 2.05) is 18.2 Å². The van der Waals surface area contributed by atoms with Gasteiger partial charge in [0.05, 0.1) is 5.69 Å². The van der Waals surface area contributed by atoms with Gasteiger partial charge in [-0.2, -0.15) is 0 Å². The third kappa shape index (κ3) is 3.47. The number of thiol groups is 1. The van der Waals surface area contributed by atoms with Crippen molar-refractivity contribution in [2.75, 3.05) is 11.1 Å². The van der Waals surface area contributed by atoms with E-state index in [1.165, 1.54) is 0 Å². The van der Waals surface area contributed by atoms with E-state index in [1.54, 1.807) is 36.5 Å². The van der Waals surface area contributed by atoms with Gasteiger partial charge in [0.2, 0.25) is 11.9 Å². The minimum absolute atomic E-state index is 0.438. The second-order valence-corrected chi connectivity index (χ2v) is 5.59. The van der Waals surface area contributed by atoms with Gasteiger partial charge in [-0.3, -0.25) is 4.79 Å². The van der Waals surface area contributed by atoms with E-state index in [-0.39, 0.29) is 0 Å². The number of nitrogens with one attached hydrogen (secondary N) is 1. The van der Waals surface area contributed by atoms with E-state index >= 15 is 0 Å². The van der Waals surface area contributed by atoms with Crippen LogP contribution in [0, 0.1) is 0 Å². The first-order valence-electron chi connectivity index (χ1n) is 7.12. The molecule has 0 fully saturated rings. The molecule has 3 aromatic rings. The van der Waals surface area contributed by atoms with Crippen LogP contribution in [-0.2, 0) is 0 Å². The minimum atomic E-state index is -0.468. The first kappa shape index (κ1) is 15.8. The van der Waals surface area contributed by atoms with Crippen LogP contribution in [0.25, 0.3) is 11.3 Å². The number of aromatic nitrogens is 2. The molecule has 6 nitrogen and oxygen atoms in total. The molecular formula is C17H15N5OS. The van der Waals surface area contributed by atoms with Crippen LogP contribution < -0.4 is 16.8 Å². The Morgan fingerprint density at radius 2 is 1.83 bits per heavy atom. The summed E-state index contributed by atoms with van der Waals surface area (Å²) in [6, 6.07) is 14.1. The molecule has 0 unspecified atom stereocenters. The molecule has 0 aliphatic carbocycles. The second-order valence-electron chi connectivity index (χ2n) is 5.11. The molecule has 0 spiro atoms. The van der Waals surface area contributed by atoms with Gasteiger partial charge in [0, 0.05) is 33.6 Å². The highest BCUT2D eigenvalue weighted by molar-refractivity contribution is 7.80. The van der Waals surface area contributed by atoms with Gasteiger partial charge < -0.3 is 16.8 Å². The SMILES string of the molecule is NC(=O)c1ccc(Nc2nccc(-c3ccc(S)c(N)c3)n2)cc1. The molecular weight excluding hydrogens is 322 g/mol. The summed E-state index contributed by atoms with van der Waals surface area (Å²) >= 11 is 4.26. The minimum Gasteiger partial charge on any atom is -0.398 e. The summed E-state index contributed by atoms with van der Waals surface area (Å²) in [5, 5.41) is 3.09. The molecule has 24 heavy (non-hydrogen) atoms. The number of nitrogen functional groups attached to an aromatic ring is 1. The summed E-state index contributed by atoms with van der Waals surface area (Å²) in [4.78, 5) is 20.5. The van der Waals surface area contributed by atoms with Crippen molar-refractivity contribution < 1.29 is 4.79 Å². The molecule has 0 saturated heterocycles. The van der Waals surface area contributed by atoms with Gasteiger partial charge in [-0.25, -0.2) is 9.97 Å². The number of carbonyl (C=O) groups excluding carboxylic acids is 1. The first-order chi connectivity index (χ1) is 11.5. The predicted octanol–water partition coefficient (Wildman–Crippen LogP) is 2.86. The summed E-state index contributed by atoms with van der Waals surface area (Å²) in [6.07, 6.45) is 1.66. The molecule has 120 valence electrons. The highest BCUT2D eigenvalue weighted by Gasteiger charge is 2.05. The van der Waals surface area contributed by atoms with Gasteiger partial charge >= 0.3 is 0 Å². The topological polar surface area (TPSA) is 107 Å². The number of primary amides is 1. The van der Waals surface area contributed by atoms with Crippen molar-refractivity contribution >= 4 is 35.9 Å². The monoisotopic (exact) mass is 337 g/mol. The Bertz CT molecular complexity index is 896. The summed E-state index contributed by atoms with van der Waals surface area (Å²) in [5.41, 5.74) is 14.5. The molecule has 0 aliphatic heterocycles. The van der Waals surface area contributed by atoms with Gasteiger partial charge in [0.1, 0.15) is 0 Å². The average molecular weight is 337 g/mol. The number of anilines is 3. The smallest absolute Gasteiger partial charge is 0.248 e. The van der Waals surface area contributed by atoms with Crippen LogP contribution in [0.2, 0.25) is 0 Å². The fourth-order valence-electron chi connectivity index (χ4n) is 2.14.